The average molecular weight is 396 g/mol. The second-order valence-electron chi connectivity index (χ2n) is 6.35. The summed E-state index contributed by atoms with van der Waals surface area (Å²) in [6.45, 7) is 5.27. The van der Waals surface area contributed by atoms with Gasteiger partial charge in [0.2, 0.25) is 5.88 Å². The van der Waals surface area contributed by atoms with Crippen molar-refractivity contribution in [3.63, 3.8) is 0 Å². The topological polar surface area (TPSA) is 85.4 Å². The van der Waals surface area contributed by atoms with Gasteiger partial charge >= 0.3 is 0 Å². The van der Waals surface area contributed by atoms with Gasteiger partial charge in [-0.2, -0.15) is 0 Å². The predicted octanol–water partition coefficient (Wildman–Crippen LogP) is 4.49. The lowest BCUT2D eigenvalue weighted by atomic mass is 10.1. The molecule has 3 aromatic rings. The summed E-state index contributed by atoms with van der Waals surface area (Å²) < 4.78 is 34.0. The first kappa shape index (κ1) is 19.6. The Balaban J connectivity index is 1.94. The van der Waals surface area contributed by atoms with Crippen molar-refractivity contribution in [3.8, 4) is 11.6 Å². The first-order valence-electron chi connectivity index (χ1n) is 8.61. The van der Waals surface area contributed by atoms with E-state index in [1.54, 1.807) is 24.3 Å². The molecule has 0 amide bonds. The third kappa shape index (κ3) is 4.20. The van der Waals surface area contributed by atoms with Crippen molar-refractivity contribution in [2.75, 3.05) is 4.72 Å². The van der Waals surface area contributed by atoms with E-state index in [9.17, 15) is 13.2 Å². The molecule has 1 heterocycles. The summed E-state index contributed by atoms with van der Waals surface area (Å²) in [4.78, 5) is 15.7. The van der Waals surface area contributed by atoms with Crippen molar-refractivity contribution in [2.45, 2.75) is 25.7 Å². The predicted molar refractivity (Wildman–Crippen MR) is 107 cm³/mol. The summed E-state index contributed by atoms with van der Waals surface area (Å²) in [5.41, 5.74) is 2.52. The maximum absolute atomic E-state index is 12.8. The number of Topliss-reactive ketones (excluding diaryl/α,β-unsaturated/α-hetero) is 1. The molecule has 0 saturated heterocycles. The van der Waals surface area contributed by atoms with E-state index in [0.717, 1.165) is 11.1 Å². The molecule has 0 aliphatic rings. The summed E-state index contributed by atoms with van der Waals surface area (Å²) in [5, 5.41) is 0. The van der Waals surface area contributed by atoms with E-state index in [1.165, 1.54) is 31.3 Å². The number of benzene rings is 2. The molecule has 6 nitrogen and oxygen atoms in total. The minimum Gasteiger partial charge on any atom is -0.437 e. The van der Waals surface area contributed by atoms with Crippen molar-refractivity contribution in [1.82, 2.24) is 4.98 Å². The molecule has 0 atom stereocenters. The van der Waals surface area contributed by atoms with Crippen LogP contribution < -0.4 is 9.46 Å². The first-order chi connectivity index (χ1) is 13.3. The Morgan fingerprint density at radius 1 is 1.04 bits per heavy atom. The molecule has 1 aromatic heterocycles. The van der Waals surface area contributed by atoms with Crippen molar-refractivity contribution < 1.29 is 17.9 Å². The van der Waals surface area contributed by atoms with Crippen LogP contribution in [-0.4, -0.2) is 19.2 Å². The average Bonchev–Trinajstić information content (AvgIpc) is 2.67. The number of nitrogens with zero attached hydrogens (tertiary/aromatic N) is 1. The standard InChI is InChI=1S/C21H20N2O4S/c1-14-7-4-11-20(15(14)2)27-21-19(10-6-12-22-21)23-28(25,26)18-9-5-8-17(13-18)16(3)24/h4-13,23H,1-3H3. The number of hydrogen-bond donors (Lipinski definition) is 1. The summed E-state index contributed by atoms with van der Waals surface area (Å²) >= 11 is 0. The van der Waals surface area contributed by atoms with Gasteiger partial charge in [0.1, 0.15) is 11.4 Å². The van der Waals surface area contributed by atoms with Gasteiger partial charge in [-0.25, -0.2) is 13.4 Å². The van der Waals surface area contributed by atoms with Crippen molar-refractivity contribution >= 4 is 21.5 Å². The molecule has 2 aromatic carbocycles. The maximum atomic E-state index is 12.8. The fourth-order valence-electron chi connectivity index (χ4n) is 2.57. The SMILES string of the molecule is CC(=O)c1cccc(S(=O)(=O)Nc2cccnc2Oc2cccc(C)c2C)c1. The Morgan fingerprint density at radius 3 is 2.54 bits per heavy atom. The van der Waals surface area contributed by atoms with Gasteiger partial charge in [-0.3, -0.25) is 9.52 Å². The highest BCUT2D eigenvalue weighted by Gasteiger charge is 2.19. The van der Waals surface area contributed by atoms with Gasteiger partial charge in [-0.15, -0.1) is 0 Å². The molecule has 3 rings (SSSR count). The number of carbonyl (C=O) groups is 1. The molecule has 0 unspecified atom stereocenters. The van der Waals surface area contributed by atoms with Crippen molar-refractivity contribution in [3.05, 3.63) is 77.5 Å². The fourth-order valence-corrected chi connectivity index (χ4v) is 3.68. The third-order valence-electron chi connectivity index (χ3n) is 4.33. The second-order valence-corrected chi connectivity index (χ2v) is 8.03. The molecular formula is C21H20N2O4S. The molecule has 0 fully saturated rings. The number of rotatable bonds is 6. The first-order valence-corrected chi connectivity index (χ1v) is 10.1. The van der Waals surface area contributed by atoms with Gasteiger partial charge in [0.15, 0.2) is 5.78 Å². The summed E-state index contributed by atoms with van der Waals surface area (Å²) in [6, 6.07) is 14.7. The number of pyridine rings is 1. The number of ketones is 1. The second kappa shape index (κ2) is 7.82. The highest BCUT2D eigenvalue weighted by Crippen LogP contribution is 2.31. The molecule has 0 radical (unpaired) electrons. The van der Waals surface area contributed by atoms with Crippen LogP contribution in [0.4, 0.5) is 5.69 Å². The van der Waals surface area contributed by atoms with E-state index in [2.05, 4.69) is 9.71 Å². The largest absolute Gasteiger partial charge is 0.437 e. The van der Waals surface area contributed by atoms with E-state index in [-0.39, 0.29) is 22.2 Å². The molecule has 7 heteroatoms. The Morgan fingerprint density at radius 2 is 1.79 bits per heavy atom. The lowest BCUT2D eigenvalue weighted by Crippen LogP contribution is -2.14. The summed E-state index contributed by atoms with van der Waals surface area (Å²) in [5.74, 6) is 0.526. The third-order valence-corrected chi connectivity index (χ3v) is 5.69. The van der Waals surface area contributed by atoms with Gasteiger partial charge < -0.3 is 4.74 Å². The zero-order valence-corrected chi connectivity index (χ0v) is 16.6. The number of ether oxygens (including phenoxy) is 1. The van der Waals surface area contributed by atoms with Crippen LogP contribution in [0, 0.1) is 13.8 Å². The van der Waals surface area contributed by atoms with Crippen molar-refractivity contribution in [1.29, 1.82) is 0 Å². The zero-order chi connectivity index (χ0) is 20.3. The molecule has 144 valence electrons. The van der Waals surface area contributed by atoms with Crippen LogP contribution in [0.25, 0.3) is 0 Å². The van der Waals surface area contributed by atoms with Crippen LogP contribution in [0.5, 0.6) is 11.6 Å². The van der Waals surface area contributed by atoms with Gasteiger partial charge in [0, 0.05) is 11.8 Å². The number of aromatic nitrogens is 1. The molecule has 0 spiro atoms. The molecule has 0 aliphatic carbocycles. The van der Waals surface area contributed by atoms with Crippen LogP contribution in [-0.2, 0) is 10.0 Å². The minimum absolute atomic E-state index is 0.0123. The molecule has 0 aliphatic heterocycles. The quantitative estimate of drug-likeness (QED) is 0.620. The van der Waals surface area contributed by atoms with Gasteiger partial charge in [0.25, 0.3) is 10.0 Å². The lowest BCUT2D eigenvalue weighted by molar-refractivity contribution is 0.101. The van der Waals surface area contributed by atoms with Crippen molar-refractivity contribution in [2.24, 2.45) is 0 Å². The normalized spacial score (nSPS) is 11.1. The summed E-state index contributed by atoms with van der Waals surface area (Å²) in [7, 11) is -3.92. The Hall–Kier alpha value is -3.19. The van der Waals surface area contributed by atoms with Crippen LogP contribution in [0.3, 0.4) is 0 Å². The Kier molecular flexibility index (Phi) is 5.46. The number of aryl methyl sites for hydroxylation is 1. The molecule has 1 N–H and O–H groups in total. The maximum Gasteiger partial charge on any atom is 0.262 e. The van der Waals surface area contributed by atoms with Gasteiger partial charge in [-0.05, 0) is 62.2 Å². The van der Waals surface area contributed by atoms with Gasteiger partial charge in [0.05, 0.1) is 4.90 Å². The fraction of sp³-hybridized carbons (Fsp3) is 0.143. The lowest BCUT2D eigenvalue weighted by Gasteiger charge is -2.14. The van der Waals surface area contributed by atoms with E-state index in [4.69, 9.17) is 4.74 Å². The van der Waals surface area contributed by atoms with E-state index in [1.807, 2.05) is 26.0 Å². The molecule has 28 heavy (non-hydrogen) atoms. The van der Waals surface area contributed by atoms with Crippen LogP contribution >= 0.6 is 0 Å². The zero-order valence-electron chi connectivity index (χ0n) is 15.8. The number of hydrogen-bond acceptors (Lipinski definition) is 5. The van der Waals surface area contributed by atoms with Gasteiger partial charge in [-0.1, -0.05) is 24.3 Å². The highest BCUT2D eigenvalue weighted by molar-refractivity contribution is 7.92. The molecule has 0 bridgehead atoms. The molecule has 0 saturated carbocycles. The Bertz CT molecular complexity index is 1140. The monoisotopic (exact) mass is 396 g/mol. The van der Waals surface area contributed by atoms with Crippen LogP contribution in [0.15, 0.2) is 65.7 Å². The molecular weight excluding hydrogens is 376 g/mol. The summed E-state index contributed by atoms with van der Waals surface area (Å²) in [6.07, 6.45) is 1.52. The van der Waals surface area contributed by atoms with E-state index in [0.29, 0.717) is 11.3 Å². The van der Waals surface area contributed by atoms with E-state index < -0.39 is 10.0 Å². The Labute approximate surface area is 164 Å². The minimum atomic E-state index is -3.92. The van der Waals surface area contributed by atoms with E-state index >= 15 is 0 Å². The highest BCUT2D eigenvalue weighted by atomic mass is 32.2. The smallest absolute Gasteiger partial charge is 0.262 e. The number of sulfonamides is 1. The number of carbonyl (C=O) groups excluding carboxylic acids is 1. The van der Waals surface area contributed by atoms with Crippen LogP contribution in [0.2, 0.25) is 0 Å². The number of nitrogens with one attached hydrogen (secondary N) is 1. The number of anilines is 1. The van der Waals surface area contributed by atoms with Crippen LogP contribution in [0.1, 0.15) is 28.4 Å².